The number of ether oxygens (including phenoxy) is 2. The topological polar surface area (TPSA) is 59.1 Å². The van der Waals surface area contributed by atoms with Crippen molar-refractivity contribution in [3.63, 3.8) is 0 Å². The Hall–Kier alpha value is -2.86. The zero-order valence-corrected chi connectivity index (χ0v) is 16.4. The quantitative estimate of drug-likeness (QED) is 0.802. The van der Waals surface area contributed by atoms with Gasteiger partial charge in [-0.15, -0.1) is 0 Å². The van der Waals surface area contributed by atoms with E-state index in [1.165, 1.54) is 0 Å². The lowest BCUT2D eigenvalue weighted by Gasteiger charge is -2.32. The lowest BCUT2D eigenvalue weighted by molar-refractivity contribution is -0.142. The summed E-state index contributed by atoms with van der Waals surface area (Å²) in [7, 11) is 1.62. The Bertz CT molecular complexity index is 930. The summed E-state index contributed by atoms with van der Waals surface area (Å²) in [6.45, 7) is 1.17. The van der Waals surface area contributed by atoms with Gasteiger partial charge in [0.05, 0.1) is 32.5 Å². The number of hydrogen-bond acceptors (Lipinski definition) is 4. The summed E-state index contributed by atoms with van der Waals surface area (Å²) in [6, 6.07) is 17.3. The summed E-state index contributed by atoms with van der Waals surface area (Å²) in [5.41, 5.74) is 1.34. The maximum atomic E-state index is 13.1. The molecule has 3 heterocycles. The zero-order chi connectivity index (χ0) is 20.0. The third-order valence-electron chi connectivity index (χ3n) is 6.43. The first-order chi connectivity index (χ1) is 14.1. The van der Waals surface area contributed by atoms with Crippen LogP contribution in [0.3, 0.4) is 0 Å². The molecule has 0 aromatic heterocycles. The van der Waals surface area contributed by atoms with E-state index in [1.807, 2.05) is 64.4 Å². The molecule has 2 aromatic rings. The minimum atomic E-state index is -0.673. The van der Waals surface area contributed by atoms with Gasteiger partial charge in [-0.3, -0.25) is 9.59 Å². The number of likely N-dealkylation sites (tertiary alicyclic amines) is 1. The molecule has 6 heteroatoms. The van der Waals surface area contributed by atoms with E-state index in [2.05, 4.69) is 0 Å². The molecule has 0 saturated carbocycles. The molecule has 0 radical (unpaired) electrons. The Labute approximate surface area is 170 Å². The van der Waals surface area contributed by atoms with Gasteiger partial charge in [-0.1, -0.05) is 42.5 Å². The minimum absolute atomic E-state index is 0.0402. The number of rotatable bonds is 4. The molecule has 2 aromatic carbocycles. The second kappa shape index (κ2) is 6.88. The Morgan fingerprint density at radius 1 is 1.17 bits per heavy atom. The monoisotopic (exact) mass is 392 g/mol. The fraction of sp³-hybridized carbons (Fsp3) is 0.391. The molecule has 5 rings (SSSR count). The zero-order valence-electron chi connectivity index (χ0n) is 16.4. The third-order valence-corrected chi connectivity index (χ3v) is 6.43. The number of carbonyl (C=O) groups is 2. The van der Waals surface area contributed by atoms with Crippen LogP contribution < -0.4 is 4.74 Å². The molecule has 1 spiro atoms. The fourth-order valence-electron chi connectivity index (χ4n) is 4.98. The van der Waals surface area contributed by atoms with E-state index in [0.717, 1.165) is 16.9 Å². The molecule has 29 heavy (non-hydrogen) atoms. The Balaban J connectivity index is 1.35. The van der Waals surface area contributed by atoms with Crippen molar-refractivity contribution in [2.45, 2.75) is 37.1 Å². The number of nitrogens with zero attached hydrogens (tertiary/aromatic N) is 2. The molecule has 0 unspecified atom stereocenters. The Morgan fingerprint density at radius 3 is 2.66 bits per heavy atom. The Morgan fingerprint density at radius 2 is 1.93 bits per heavy atom. The number of carbonyl (C=O) groups excluding carboxylic acids is 2. The standard InChI is InChI=1S/C23H24N2O4/c1-28-18-9-7-16(8-10-18)13-21(26)24-12-11-23-20(24)14-22(27)25(23)15-19(29-23)17-5-3-2-4-6-17/h2-10,19-20H,11-15H2,1H3/t19-,20-,23+/m1/s1. The molecule has 3 saturated heterocycles. The van der Waals surface area contributed by atoms with Crippen LogP contribution in [-0.2, 0) is 20.7 Å². The second-order valence-corrected chi connectivity index (χ2v) is 7.95. The normalized spacial score (nSPS) is 27.8. The summed E-state index contributed by atoms with van der Waals surface area (Å²) < 4.78 is 11.7. The average Bonchev–Trinajstić information content (AvgIpc) is 3.37. The van der Waals surface area contributed by atoms with Crippen LogP contribution in [0.2, 0.25) is 0 Å². The first-order valence-electron chi connectivity index (χ1n) is 10.1. The largest absolute Gasteiger partial charge is 0.497 e. The van der Waals surface area contributed by atoms with Crippen LogP contribution in [0.1, 0.15) is 30.1 Å². The van der Waals surface area contributed by atoms with Crippen LogP contribution in [0.15, 0.2) is 54.6 Å². The van der Waals surface area contributed by atoms with Crippen molar-refractivity contribution in [1.82, 2.24) is 9.80 Å². The van der Waals surface area contributed by atoms with Crippen LogP contribution >= 0.6 is 0 Å². The van der Waals surface area contributed by atoms with Gasteiger partial charge >= 0.3 is 0 Å². The van der Waals surface area contributed by atoms with Crippen LogP contribution in [0.25, 0.3) is 0 Å². The van der Waals surface area contributed by atoms with Crippen LogP contribution in [0.4, 0.5) is 0 Å². The number of benzene rings is 2. The molecule has 2 amide bonds. The molecule has 3 atom stereocenters. The highest BCUT2D eigenvalue weighted by Gasteiger charge is 2.64. The van der Waals surface area contributed by atoms with E-state index >= 15 is 0 Å². The molecule has 3 aliphatic heterocycles. The highest BCUT2D eigenvalue weighted by molar-refractivity contribution is 5.85. The molecule has 3 aliphatic rings. The SMILES string of the molecule is COc1ccc(CC(=O)N2CC[C@@]34O[C@@H](c5ccccc5)CN3C(=O)C[C@@H]24)cc1. The van der Waals surface area contributed by atoms with Crippen molar-refractivity contribution >= 4 is 11.8 Å². The fourth-order valence-corrected chi connectivity index (χ4v) is 4.98. The van der Waals surface area contributed by atoms with Gasteiger partial charge in [0.15, 0.2) is 5.72 Å². The maximum Gasteiger partial charge on any atom is 0.227 e. The highest BCUT2D eigenvalue weighted by atomic mass is 16.5. The van der Waals surface area contributed by atoms with E-state index in [0.29, 0.717) is 32.4 Å². The lowest BCUT2D eigenvalue weighted by atomic mass is 10.1. The van der Waals surface area contributed by atoms with Crippen LogP contribution in [0, 0.1) is 0 Å². The summed E-state index contributed by atoms with van der Waals surface area (Å²) in [5, 5.41) is 0. The first kappa shape index (κ1) is 18.2. The van der Waals surface area contributed by atoms with Gasteiger partial charge in [-0.2, -0.15) is 0 Å². The number of hydrogen-bond donors (Lipinski definition) is 0. The van der Waals surface area contributed by atoms with Crippen molar-refractivity contribution in [3.8, 4) is 5.75 Å². The predicted octanol–water partition coefficient (Wildman–Crippen LogP) is 2.54. The van der Waals surface area contributed by atoms with Crippen molar-refractivity contribution < 1.29 is 19.1 Å². The molecule has 3 fully saturated rings. The third kappa shape index (κ3) is 2.90. The van der Waals surface area contributed by atoms with Crippen LogP contribution in [-0.4, -0.2) is 53.6 Å². The average molecular weight is 392 g/mol. The van der Waals surface area contributed by atoms with Crippen molar-refractivity contribution in [1.29, 1.82) is 0 Å². The van der Waals surface area contributed by atoms with Gasteiger partial charge < -0.3 is 19.3 Å². The lowest BCUT2D eigenvalue weighted by Crippen LogP contribution is -2.49. The van der Waals surface area contributed by atoms with Crippen molar-refractivity contribution in [2.75, 3.05) is 20.2 Å². The molecular weight excluding hydrogens is 368 g/mol. The number of methoxy groups -OCH3 is 1. The summed E-state index contributed by atoms with van der Waals surface area (Å²) >= 11 is 0. The summed E-state index contributed by atoms with van der Waals surface area (Å²) in [4.78, 5) is 29.5. The van der Waals surface area contributed by atoms with Crippen molar-refractivity contribution in [3.05, 3.63) is 65.7 Å². The molecule has 150 valence electrons. The predicted molar refractivity (Wildman–Crippen MR) is 106 cm³/mol. The highest BCUT2D eigenvalue weighted by Crippen LogP contribution is 2.50. The Kier molecular flexibility index (Phi) is 4.32. The number of amides is 2. The van der Waals surface area contributed by atoms with Gasteiger partial charge in [0.25, 0.3) is 0 Å². The minimum Gasteiger partial charge on any atom is -0.497 e. The summed E-state index contributed by atoms with van der Waals surface area (Å²) in [6.07, 6.45) is 1.18. The maximum absolute atomic E-state index is 13.1. The molecule has 0 N–H and O–H groups in total. The van der Waals surface area contributed by atoms with Crippen LogP contribution in [0.5, 0.6) is 5.75 Å². The van der Waals surface area contributed by atoms with Gasteiger partial charge in [0.1, 0.15) is 11.9 Å². The van der Waals surface area contributed by atoms with Crippen molar-refractivity contribution in [2.24, 2.45) is 0 Å². The molecule has 6 nitrogen and oxygen atoms in total. The second-order valence-electron chi connectivity index (χ2n) is 7.95. The first-order valence-corrected chi connectivity index (χ1v) is 10.1. The van der Waals surface area contributed by atoms with Gasteiger partial charge in [-0.05, 0) is 23.3 Å². The smallest absolute Gasteiger partial charge is 0.227 e. The van der Waals surface area contributed by atoms with E-state index in [-0.39, 0.29) is 24.0 Å². The van der Waals surface area contributed by atoms with E-state index < -0.39 is 5.72 Å². The van der Waals surface area contributed by atoms with E-state index in [4.69, 9.17) is 9.47 Å². The summed E-state index contributed by atoms with van der Waals surface area (Å²) in [5.74, 6) is 0.887. The van der Waals surface area contributed by atoms with Gasteiger partial charge in [-0.25, -0.2) is 0 Å². The molecule has 0 bridgehead atoms. The van der Waals surface area contributed by atoms with E-state index in [1.54, 1.807) is 7.11 Å². The molecule has 0 aliphatic carbocycles. The van der Waals surface area contributed by atoms with Gasteiger partial charge in [0, 0.05) is 13.0 Å². The molecular formula is C23H24N2O4. The van der Waals surface area contributed by atoms with Gasteiger partial charge in [0.2, 0.25) is 11.8 Å². The van der Waals surface area contributed by atoms with E-state index in [9.17, 15) is 9.59 Å².